The second-order valence-corrected chi connectivity index (χ2v) is 40.3. The van der Waals surface area contributed by atoms with Crippen molar-refractivity contribution in [2.75, 3.05) is 14.2 Å². The van der Waals surface area contributed by atoms with E-state index >= 15 is 0 Å². The van der Waals surface area contributed by atoms with Gasteiger partial charge in [-0.15, -0.1) is 0 Å². The monoisotopic (exact) mass is 1880 g/mol. The zero-order chi connectivity index (χ0) is 104. The van der Waals surface area contributed by atoms with Crippen LogP contribution in [0.2, 0.25) is 5.02 Å². The summed E-state index contributed by atoms with van der Waals surface area (Å²) in [6, 6.07) is 66.6. The molecule has 0 saturated carbocycles. The lowest BCUT2D eigenvalue weighted by Gasteiger charge is -2.12. The van der Waals surface area contributed by atoms with Crippen LogP contribution in [0.15, 0.2) is 206 Å². The number of methoxy groups -OCH3 is 2. The fourth-order valence-electron chi connectivity index (χ4n) is 15.7. The van der Waals surface area contributed by atoms with E-state index in [1.165, 1.54) is 112 Å². The molecule has 12 aromatic rings. The first-order valence-electron chi connectivity index (χ1n) is 49.1. The first-order valence-corrected chi connectivity index (χ1v) is 49.5. The van der Waals surface area contributed by atoms with E-state index in [9.17, 15) is 22.0 Å². The van der Waals surface area contributed by atoms with Crippen molar-refractivity contribution < 1.29 is 36.5 Å². The zero-order valence-electron chi connectivity index (χ0n) is 92.1. The highest BCUT2D eigenvalue weighted by molar-refractivity contribution is 6.32. The van der Waals surface area contributed by atoms with Crippen LogP contribution in [0.1, 0.15) is 399 Å². The van der Waals surface area contributed by atoms with Crippen LogP contribution in [0.4, 0.5) is 22.0 Å². The minimum atomic E-state index is -0.146. The standard InChI is InChI=1S/2C11H15F.2C11H16O.3C11H16.C10H13Cl.3C10H13F.C10H14O/c2*1-7(2)10-5-6-11(12)9(4)8(10)3;1-8(2)11-6-5-10(12-4)7-9(11)3;1-8(2)10-7-9(3)5-6-11(10)12-4;3*1-8(2)11-7-5-6-9(3)10(11)4;1-7(2)9-6-4-5-8(3)10(9)11;1-7(2)10-5-4-9(11)6-8(10)3;2*1-7(2)9-6-4-5-8(3)10(9)11;1-7(2)10-5-4-9(11)6-8(10)3/h2*5-7H,1-4H3;2*5-8H,1-4H3;3*5-8H,1-4H3;4*4-7H,1-3H3;4-7,11H,1-3H3. The molecule has 3 nitrogen and oxygen atoms in total. The smallest absolute Gasteiger partial charge is 0.129 e. The van der Waals surface area contributed by atoms with Crippen LogP contribution < -0.4 is 9.47 Å². The summed E-state index contributed by atoms with van der Waals surface area (Å²) in [4.78, 5) is 0. The van der Waals surface area contributed by atoms with E-state index in [1.807, 2.05) is 143 Å². The predicted molar refractivity (Wildman–Crippen MR) is 586 cm³/mol. The van der Waals surface area contributed by atoms with Gasteiger partial charge in [0.2, 0.25) is 0 Å². The number of halogens is 6. The molecule has 12 aromatic carbocycles. The van der Waals surface area contributed by atoms with E-state index in [1.54, 1.807) is 70.5 Å². The molecule has 1 N–H and O–H groups in total. The van der Waals surface area contributed by atoms with Crippen molar-refractivity contribution >= 4 is 11.6 Å². The SMILES string of the molecule is COc1ccc(C(C)C)c(C)c1.COc1ccc(C)cc1C(C)C.Cc1c(F)ccc(C(C)C)c1C.Cc1c(F)ccc(C(C)C)c1C.Cc1cc(F)ccc1C(C)C.Cc1cc(O)ccc1C(C)C.Cc1cccc(C(C)C)c1C.Cc1cccc(C(C)C)c1C.Cc1cccc(C(C)C)c1C.Cc1cccc(C(C)C)c1Cl.Cc1cccc(C(C)C)c1F.Cc1cccc(C(C)C)c1F. The number of hydrogen-bond donors (Lipinski definition) is 1. The van der Waals surface area contributed by atoms with Crippen LogP contribution in [0.5, 0.6) is 17.2 Å². The van der Waals surface area contributed by atoms with Crippen molar-refractivity contribution in [1.29, 1.82) is 0 Å². The van der Waals surface area contributed by atoms with Crippen LogP contribution in [0, 0.1) is 147 Å². The minimum Gasteiger partial charge on any atom is -0.508 e. The third-order valence-corrected chi connectivity index (χ3v) is 25.5. The second-order valence-electron chi connectivity index (χ2n) is 39.9. The highest BCUT2D eigenvalue weighted by Crippen LogP contribution is 2.33. The highest BCUT2D eigenvalue weighted by Gasteiger charge is 2.16. The van der Waals surface area contributed by atoms with Crippen molar-refractivity contribution in [3.63, 3.8) is 0 Å². The average molecular weight is 1880 g/mol. The molecular weight excluding hydrogens is 1700 g/mol. The Morgan fingerprint density at radius 3 is 0.772 bits per heavy atom. The molecule has 12 rings (SSSR count). The number of phenolic OH excluding ortho intramolecular Hbond substituents is 1. The van der Waals surface area contributed by atoms with Crippen molar-refractivity contribution in [3.05, 3.63) is 402 Å². The summed E-state index contributed by atoms with van der Waals surface area (Å²) in [6.07, 6.45) is 0. The Morgan fingerprint density at radius 2 is 0.493 bits per heavy atom. The van der Waals surface area contributed by atoms with E-state index in [0.717, 1.165) is 72.2 Å². The number of benzene rings is 12. The Labute approximate surface area is 830 Å². The van der Waals surface area contributed by atoms with E-state index < -0.39 is 0 Å². The number of phenols is 1. The van der Waals surface area contributed by atoms with Gasteiger partial charge in [-0.25, -0.2) is 22.0 Å². The van der Waals surface area contributed by atoms with Gasteiger partial charge in [-0.2, -0.15) is 0 Å². The lowest BCUT2D eigenvalue weighted by molar-refractivity contribution is 0.407. The van der Waals surface area contributed by atoms with Gasteiger partial charge >= 0.3 is 0 Å². The molecule has 0 aliphatic rings. The number of ether oxygens (including phenoxy) is 2. The summed E-state index contributed by atoms with van der Waals surface area (Å²) in [5.41, 5.74) is 34.7. The second kappa shape index (κ2) is 62.0. The van der Waals surface area contributed by atoms with Crippen molar-refractivity contribution in [2.24, 2.45) is 0 Å². The fraction of sp³-hybridized carbons (Fsp3) is 0.433. The van der Waals surface area contributed by atoms with Crippen molar-refractivity contribution in [3.8, 4) is 17.2 Å². The maximum absolute atomic E-state index is 13.3. The molecule has 0 fully saturated rings. The van der Waals surface area contributed by atoms with E-state index in [4.69, 9.17) is 26.2 Å². The van der Waals surface area contributed by atoms with Gasteiger partial charge in [0, 0.05) is 5.02 Å². The third kappa shape index (κ3) is 41.7. The van der Waals surface area contributed by atoms with Crippen LogP contribution >= 0.6 is 11.6 Å². The van der Waals surface area contributed by atoms with Gasteiger partial charge in [-0.05, 0) is 399 Å². The van der Waals surface area contributed by atoms with Crippen molar-refractivity contribution in [1.82, 2.24) is 0 Å². The van der Waals surface area contributed by atoms with E-state index in [0.29, 0.717) is 64.9 Å². The van der Waals surface area contributed by atoms with E-state index in [2.05, 4.69) is 285 Å². The maximum Gasteiger partial charge on any atom is 0.129 e. The molecule has 0 aliphatic carbocycles. The number of rotatable bonds is 14. The highest BCUT2D eigenvalue weighted by atomic mass is 35.5. The molecule has 0 amide bonds. The lowest BCUT2D eigenvalue weighted by atomic mass is 9.95. The molecule has 0 aromatic heterocycles. The van der Waals surface area contributed by atoms with Gasteiger partial charge in [0.05, 0.1) is 14.2 Å². The molecule has 0 aliphatic heterocycles. The molecule has 0 spiro atoms. The predicted octanol–water partition coefficient (Wildman–Crippen LogP) is 40.0. The largest absolute Gasteiger partial charge is 0.508 e. The molecular formula is C127H176ClF5O3. The molecule has 0 saturated heterocycles. The van der Waals surface area contributed by atoms with Gasteiger partial charge in [-0.1, -0.05) is 335 Å². The van der Waals surface area contributed by atoms with Gasteiger partial charge < -0.3 is 14.6 Å². The molecule has 0 heterocycles. The topological polar surface area (TPSA) is 38.7 Å². The lowest BCUT2D eigenvalue weighted by Crippen LogP contribution is -1.96. The Balaban J connectivity index is 0.000000742. The normalized spacial score (nSPS) is 10.6. The van der Waals surface area contributed by atoms with Crippen LogP contribution in [0.25, 0.3) is 0 Å². The number of hydrogen-bond acceptors (Lipinski definition) is 3. The zero-order valence-corrected chi connectivity index (χ0v) is 92.8. The molecule has 744 valence electrons. The Morgan fingerprint density at radius 1 is 0.221 bits per heavy atom. The van der Waals surface area contributed by atoms with Gasteiger partial charge in [0.25, 0.3) is 0 Å². The number of aryl methyl sites for hydroxylation is 10. The summed E-state index contributed by atoms with van der Waals surface area (Å²) < 4.78 is 75.6. The first kappa shape index (κ1) is 124. The third-order valence-electron chi connectivity index (χ3n) is 24.9. The Kier molecular flexibility index (Phi) is 56.6. The van der Waals surface area contributed by atoms with E-state index in [-0.39, 0.29) is 40.9 Å². The number of aromatic hydroxyl groups is 1. The molecule has 0 radical (unpaired) electrons. The molecule has 0 bridgehead atoms. The molecule has 0 unspecified atom stereocenters. The summed E-state index contributed by atoms with van der Waals surface area (Å²) in [5, 5.41) is 10.0. The Bertz CT molecular complexity index is 5010. The quantitative estimate of drug-likeness (QED) is 0.110. The molecule has 9 heteroatoms. The van der Waals surface area contributed by atoms with Gasteiger partial charge in [-0.3, -0.25) is 0 Å². The van der Waals surface area contributed by atoms with Crippen molar-refractivity contribution in [2.45, 2.75) is 355 Å². The summed E-state index contributed by atoms with van der Waals surface area (Å²) in [6.45, 7) is 86.0. The van der Waals surface area contributed by atoms with Crippen LogP contribution in [-0.2, 0) is 0 Å². The van der Waals surface area contributed by atoms with Crippen LogP contribution in [-0.4, -0.2) is 19.3 Å². The summed E-state index contributed by atoms with van der Waals surface area (Å²) in [7, 11) is 3.42. The van der Waals surface area contributed by atoms with Gasteiger partial charge in [0.15, 0.2) is 0 Å². The first-order chi connectivity index (χ1) is 63.3. The fourth-order valence-corrected chi connectivity index (χ4v) is 16.1. The summed E-state index contributed by atoms with van der Waals surface area (Å²) >= 11 is 6.09. The van der Waals surface area contributed by atoms with Crippen LogP contribution in [0.3, 0.4) is 0 Å². The molecule has 136 heavy (non-hydrogen) atoms. The average Bonchev–Trinajstić information content (AvgIpc) is 0.834. The Hall–Kier alpha value is -10.0. The minimum absolute atomic E-state index is 0.0532. The summed E-state index contributed by atoms with van der Waals surface area (Å²) in [5.74, 6) is 7.94. The maximum atomic E-state index is 13.3. The van der Waals surface area contributed by atoms with Gasteiger partial charge in [0.1, 0.15) is 46.3 Å². The molecule has 0 atom stereocenters.